The summed E-state index contributed by atoms with van der Waals surface area (Å²) in [5.41, 5.74) is 0.930. The second-order valence-corrected chi connectivity index (χ2v) is 5.25. The third-order valence-electron chi connectivity index (χ3n) is 3.61. The molecule has 0 aliphatic carbocycles. The minimum atomic E-state index is -0.881. The molecule has 0 aromatic heterocycles. The van der Waals surface area contributed by atoms with Gasteiger partial charge in [-0.3, -0.25) is 9.63 Å². The normalized spacial score (nSPS) is 17.9. The number of benzene rings is 1. The van der Waals surface area contributed by atoms with Gasteiger partial charge in [-0.2, -0.15) is 0 Å². The van der Waals surface area contributed by atoms with E-state index in [1.807, 2.05) is 13.0 Å². The highest BCUT2D eigenvalue weighted by Gasteiger charge is 2.47. The van der Waals surface area contributed by atoms with Gasteiger partial charge in [-0.15, -0.1) is 0 Å². The van der Waals surface area contributed by atoms with Crippen molar-refractivity contribution in [3.8, 4) is 5.75 Å². The summed E-state index contributed by atoms with van der Waals surface area (Å²) in [6, 6.07) is 5.36. The predicted octanol–water partition coefficient (Wildman–Crippen LogP) is 2.45. The van der Waals surface area contributed by atoms with Gasteiger partial charge in [-0.05, 0) is 44.0 Å². The first kappa shape index (κ1) is 14.4. The summed E-state index contributed by atoms with van der Waals surface area (Å²) < 4.78 is 5.15. The van der Waals surface area contributed by atoms with Crippen molar-refractivity contribution in [3.63, 3.8) is 0 Å². The Balaban J connectivity index is 2.57. The fraction of sp³-hybridized carbons (Fsp3) is 0.400. The van der Waals surface area contributed by atoms with E-state index in [4.69, 9.17) is 9.57 Å². The van der Waals surface area contributed by atoms with Crippen molar-refractivity contribution >= 4 is 11.5 Å². The highest BCUT2D eigenvalue weighted by molar-refractivity contribution is 6.23. The molecule has 0 fully saturated rings. The number of aryl methyl sites for hydroxylation is 1. The Hall–Kier alpha value is -2.01. The molecule has 108 valence electrons. The molecule has 0 spiro atoms. The topological polar surface area (TPSA) is 59.0 Å². The minimum Gasteiger partial charge on any atom is -0.509 e. The molecule has 1 aromatic rings. The Morgan fingerprint density at radius 1 is 1.25 bits per heavy atom. The fourth-order valence-electron chi connectivity index (χ4n) is 2.46. The van der Waals surface area contributed by atoms with Crippen LogP contribution in [0.15, 0.2) is 24.0 Å². The van der Waals surface area contributed by atoms with Crippen LogP contribution in [-0.4, -0.2) is 35.8 Å². The molecule has 0 radical (unpaired) electrons. The van der Waals surface area contributed by atoms with Crippen LogP contribution in [0.5, 0.6) is 5.75 Å². The number of rotatable bonds is 3. The first-order valence-electron chi connectivity index (χ1n) is 6.32. The maximum Gasteiger partial charge on any atom is 0.282 e. The number of nitrogens with zero attached hydrogens (tertiary/aromatic N) is 1. The molecule has 1 aliphatic heterocycles. The Kier molecular flexibility index (Phi) is 3.48. The van der Waals surface area contributed by atoms with Gasteiger partial charge in [0.2, 0.25) is 0 Å². The first-order valence-corrected chi connectivity index (χ1v) is 6.32. The zero-order valence-electron chi connectivity index (χ0n) is 12.4. The lowest BCUT2D eigenvalue weighted by molar-refractivity contribution is -0.189. The highest BCUT2D eigenvalue weighted by Crippen LogP contribution is 2.39. The van der Waals surface area contributed by atoms with Crippen LogP contribution in [0, 0.1) is 6.92 Å². The maximum atomic E-state index is 12.4. The molecule has 0 bridgehead atoms. The van der Waals surface area contributed by atoms with Crippen LogP contribution in [0.25, 0.3) is 5.57 Å². The molecule has 1 N–H and O–H groups in total. The Morgan fingerprint density at radius 3 is 2.35 bits per heavy atom. The Bertz CT molecular complexity index is 590. The molecule has 0 saturated carbocycles. The number of methoxy groups -OCH3 is 1. The van der Waals surface area contributed by atoms with Crippen LogP contribution in [0.4, 0.5) is 0 Å². The van der Waals surface area contributed by atoms with E-state index in [1.165, 1.54) is 12.2 Å². The lowest BCUT2D eigenvalue weighted by atomic mass is 9.96. The quantitative estimate of drug-likeness (QED) is 0.922. The molecule has 1 aliphatic rings. The van der Waals surface area contributed by atoms with Crippen molar-refractivity contribution < 1.29 is 19.5 Å². The van der Waals surface area contributed by atoms with Gasteiger partial charge >= 0.3 is 0 Å². The summed E-state index contributed by atoms with van der Waals surface area (Å²) in [6.07, 6.45) is 0. The predicted molar refractivity (Wildman–Crippen MR) is 75.2 cm³/mol. The molecule has 0 saturated heterocycles. The zero-order valence-corrected chi connectivity index (χ0v) is 12.4. The van der Waals surface area contributed by atoms with Crippen molar-refractivity contribution in [1.29, 1.82) is 0 Å². The number of hydroxylamine groups is 2. The average molecular weight is 277 g/mol. The Morgan fingerprint density at radius 2 is 1.90 bits per heavy atom. The summed E-state index contributed by atoms with van der Waals surface area (Å²) in [7, 11) is 3.00. The summed E-state index contributed by atoms with van der Waals surface area (Å²) in [4.78, 5) is 17.5. The summed E-state index contributed by atoms with van der Waals surface area (Å²) in [6.45, 7) is 5.33. The van der Waals surface area contributed by atoms with Gasteiger partial charge < -0.3 is 9.84 Å². The first-order chi connectivity index (χ1) is 9.34. The van der Waals surface area contributed by atoms with E-state index >= 15 is 0 Å². The molecule has 5 nitrogen and oxygen atoms in total. The largest absolute Gasteiger partial charge is 0.509 e. The van der Waals surface area contributed by atoms with E-state index in [0.29, 0.717) is 11.3 Å². The van der Waals surface area contributed by atoms with Crippen molar-refractivity contribution in [3.05, 3.63) is 35.1 Å². The van der Waals surface area contributed by atoms with Crippen molar-refractivity contribution in [2.75, 3.05) is 14.2 Å². The van der Waals surface area contributed by atoms with E-state index in [1.54, 1.807) is 33.1 Å². The number of carbonyl (C=O) groups excluding carboxylic acids is 1. The Labute approximate surface area is 118 Å². The van der Waals surface area contributed by atoms with E-state index < -0.39 is 5.54 Å². The third-order valence-corrected chi connectivity index (χ3v) is 3.61. The molecule has 1 heterocycles. The summed E-state index contributed by atoms with van der Waals surface area (Å²) in [5, 5.41) is 11.6. The van der Waals surface area contributed by atoms with Crippen LogP contribution in [-0.2, 0) is 9.63 Å². The van der Waals surface area contributed by atoms with E-state index in [0.717, 1.165) is 5.56 Å². The molecule has 0 unspecified atom stereocenters. The molecule has 20 heavy (non-hydrogen) atoms. The summed E-state index contributed by atoms with van der Waals surface area (Å²) >= 11 is 0. The van der Waals surface area contributed by atoms with Crippen LogP contribution < -0.4 is 4.74 Å². The van der Waals surface area contributed by atoms with Gasteiger partial charge in [0, 0.05) is 0 Å². The number of aliphatic hydroxyl groups is 1. The maximum absolute atomic E-state index is 12.4. The average Bonchev–Trinajstić information content (AvgIpc) is 2.56. The zero-order chi connectivity index (χ0) is 15.1. The van der Waals surface area contributed by atoms with Crippen molar-refractivity contribution in [2.45, 2.75) is 26.3 Å². The van der Waals surface area contributed by atoms with Crippen LogP contribution in [0.1, 0.15) is 25.0 Å². The molecular weight excluding hydrogens is 258 g/mol. The van der Waals surface area contributed by atoms with E-state index in [-0.39, 0.29) is 17.2 Å². The SMILES string of the molecule is COc1ccc(C2=C(O)C(C)(C)N(OC)C2=O)c(C)c1. The molecular formula is C15H19NO4. The molecule has 1 amide bonds. The summed E-state index contributed by atoms with van der Waals surface area (Å²) in [5.74, 6) is 0.375. The minimum absolute atomic E-state index is 0.0117. The monoisotopic (exact) mass is 277 g/mol. The number of carbonyl (C=O) groups is 1. The van der Waals surface area contributed by atoms with Gasteiger partial charge in [0.1, 0.15) is 17.0 Å². The highest BCUT2D eigenvalue weighted by atomic mass is 16.7. The van der Waals surface area contributed by atoms with Crippen molar-refractivity contribution in [1.82, 2.24) is 5.06 Å². The van der Waals surface area contributed by atoms with E-state index in [9.17, 15) is 9.90 Å². The van der Waals surface area contributed by atoms with Gasteiger partial charge in [0.15, 0.2) is 0 Å². The number of aliphatic hydroxyl groups excluding tert-OH is 1. The standard InChI is InChI=1S/C15H19NO4/c1-9-8-10(19-4)6-7-11(9)12-13(17)15(2,3)16(20-5)14(12)18/h6-8,17H,1-5H3. The smallest absolute Gasteiger partial charge is 0.282 e. The molecule has 1 aromatic carbocycles. The van der Waals surface area contributed by atoms with E-state index in [2.05, 4.69) is 0 Å². The van der Waals surface area contributed by atoms with Gasteiger partial charge in [-0.1, -0.05) is 6.07 Å². The van der Waals surface area contributed by atoms with Crippen LogP contribution >= 0.6 is 0 Å². The van der Waals surface area contributed by atoms with Gasteiger partial charge in [0.25, 0.3) is 5.91 Å². The molecule has 2 rings (SSSR count). The molecule has 0 atom stereocenters. The second kappa shape index (κ2) is 4.83. The van der Waals surface area contributed by atoms with Crippen LogP contribution in [0.3, 0.4) is 0 Å². The second-order valence-electron chi connectivity index (χ2n) is 5.25. The third kappa shape index (κ3) is 1.94. The lowest BCUT2D eigenvalue weighted by Gasteiger charge is -2.28. The van der Waals surface area contributed by atoms with Gasteiger partial charge in [0.05, 0.1) is 19.8 Å². The molecule has 5 heteroatoms. The number of ether oxygens (including phenoxy) is 1. The number of hydrogen-bond acceptors (Lipinski definition) is 4. The number of hydrogen-bond donors (Lipinski definition) is 1. The fourth-order valence-corrected chi connectivity index (χ4v) is 2.46. The number of amides is 1. The van der Waals surface area contributed by atoms with Crippen molar-refractivity contribution in [2.24, 2.45) is 0 Å². The van der Waals surface area contributed by atoms with Gasteiger partial charge in [-0.25, -0.2) is 5.06 Å². The van der Waals surface area contributed by atoms with Crippen LogP contribution in [0.2, 0.25) is 0 Å². The lowest BCUT2D eigenvalue weighted by Crippen LogP contribution is -2.42.